The van der Waals surface area contributed by atoms with Gasteiger partial charge in [0.2, 0.25) is 0 Å². The predicted molar refractivity (Wildman–Crippen MR) is 61.2 cm³/mol. The highest BCUT2D eigenvalue weighted by atomic mass is 127. The Kier molecular flexibility index (Phi) is 3.71. The summed E-state index contributed by atoms with van der Waals surface area (Å²) in [6.45, 7) is 1.60. The van der Waals surface area contributed by atoms with Crippen LogP contribution in [-0.4, -0.2) is 5.78 Å². The standard InChI is InChI=1S/C9H8BrIO/c1-6(12)5-7-3-2-4-8(11)9(7)10/h2-4H,5H2,1H3. The van der Waals surface area contributed by atoms with Crippen molar-refractivity contribution >= 4 is 44.3 Å². The first kappa shape index (κ1) is 10.2. The van der Waals surface area contributed by atoms with Crippen molar-refractivity contribution in [2.45, 2.75) is 13.3 Å². The van der Waals surface area contributed by atoms with E-state index in [9.17, 15) is 4.79 Å². The molecule has 1 aromatic carbocycles. The van der Waals surface area contributed by atoms with E-state index in [4.69, 9.17) is 0 Å². The third kappa shape index (κ3) is 2.55. The predicted octanol–water partition coefficient (Wildman–Crippen LogP) is 3.19. The summed E-state index contributed by atoms with van der Waals surface area (Å²) in [5.41, 5.74) is 1.06. The fraction of sp³-hybridized carbons (Fsp3) is 0.222. The molecule has 1 aromatic rings. The van der Waals surface area contributed by atoms with E-state index in [1.165, 1.54) is 0 Å². The van der Waals surface area contributed by atoms with Crippen LogP contribution in [-0.2, 0) is 11.2 Å². The molecule has 0 fully saturated rings. The van der Waals surface area contributed by atoms with E-state index in [1.54, 1.807) is 6.92 Å². The number of hydrogen-bond acceptors (Lipinski definition) is 1. The summed E-state index contributed by atoms with van der Waals surface area (Å²) < 4.78 is 2.19. The highest BCUT2D eigenvalue weighted by molar-refractivity contribution is 14.1. The molecule has 0 aromatic heterocycles. The maximum Gasteiger partial charge on any atom is 0.134 e. The molecule has 1 rings (SSSR count). The first-order valence-electron chi connectivity index (χ1n) is 3.53. The summed E-state index contributed by atoms with van der Waals surface area (Å²) >= 11 is 5.69. The molecule has 3 heteroatoms. The number of benzene rings is 1. The largest absolute Gasteiger partial charge is 0.300 e. The molecule has 0 aliphatic carbocycles. The van der Waals surface area contributed by atoms with Gasteiger partial charge in [0, 0.05) is 14.5 Å². The van der Waals surface area contributed by atoms with Crippen molar-refractivity contribution in [1.29, 1.82) is 0 Å². The molecule has 0 spiro atoms. The van der Waals surface area contributed by atoms with Gasteiger partial charge >= 0.3 is 0 Å². The normalized spacial score (nSPS) is 9.92. The summed E-state index contributed by atoms with van der Waals surface area (Å²) in [5, 5.41) is 0. The average Bonchev–Trinajstić information content (AvgIpc) is 1.98. The zero-order chi connectivity index (χ0) is 9.14. The van der Waals surface area contributed by atoms with Crippen LogP contribution in [0.2, 0.25) is 0 Å². The van der Waals surface area contributed by atoms with Crippen LogP contribution >= 0.6 is 38.5 Å². The van der Waals surface area contributed by atoms with Gasteiger partial charge in [0.25, 0.3) is 0 Å². The van der Waals surface area contributed by atoms with Gasteiger partial charge in [-0.1, -0.05) is 12.1 Å². The molecule has 0 aliphatic heterocycles. The number of rotatable bonds is 2. The summed E-state index contributed by atoms with van der Waals surface area (Å²) in [6, 6.07) is 5.94. The van der Waals surface area contributed by atoms with Crippen LogP contribution < -0.4 is 0 Å². The van der Waals surface area contributed by atoms with E-state index in [-0.39, 0.29) is 5.78 Å². The highest BCUT2D eigenvalue weighted by Gasteiger charge is 2.04. The van der Waals surface area contributed by atoms with Gasteiger partial charge < -0.3 is 0 Å². The van der Waals surface area contributed by atoms with Crippen molar-refractivity contribution in [3.63, 3.8) is 0 Å². The number of Topliss-reactive ketones (excluding diaryl/α,β-unsaturated/α-hetero) is 1. The Morgan fingerprint density at radius 2 is 2.25 bits per heavy atom. The summed E-state index contributed by atoms with van der Waals surface area (Å²) in [7, 11) is 0. The lowest BCUT2D eigenvalue weighted by Gasteiger charge is -2.02. The first-order chi connectivity index (χ1) is 5.61. The van der Waals surface area contributed by atoms with E-state index < -0.39 is 0 Å². The van der Waals surface area contributed by atoms with Crippen LogP contribution in [0.25, 0.3) is 0 Å². The van der Waals surface area contributed by atoms with Gasteiger partial charge in [0.1, 0.15) is 5.78 Å². The van der Waals surface area contributed by atoms with Gasteiger partial charge in [-0.05, 0) is 57.1 Å². The molecule has 12 heavy (non-hydrogen) atoms. The molecular weight excluding hydrogens is 331 g/mol. The van der Waals surface area contributed by atoms with Crippen molar-refractivity contribution in [1.82, 2.24) is 0 Å². The maximum absolute atomic E-state index is 10.9. The molecule has 0 saturated carbocycles. The second kappa shape index (κ2) is 4.37. The topological polar surface area (TPSA) is 17.1 Å². The molecule has 0 saturated heterocycles. The van der Waals surface area contributed by atoms with Gasteiger partial charge in [-0.2, -0.15) is 0 Å². The lowest BCUT2D eigenvalue weighted by molar-refractivity contribution is -0.116. The number of halogens is 2. The van der Waals surface area contributed by atoms with E-state index in [1.807, 2.05) is 18.2 Å². The molecular formula is C9H8BrIO. The van der Waals surface area contributed by atoms with Crippen LogP contribution in [0, 0.1) is 3.57 Å². The second-order valence-electron chi connectivity index (χ2n) is 2.59. The van der Waals surface area contributed by atoms with E-state index in [2.05, 4.69) is 38.5 Å². The summed E-state index contributed by atoms with van der Waals surface area (Å²) in [4.78, 5) is 10.9. The number of hydrogen-bond donors (Lipinski definition) is 0. The molecule has 0 aliphatic rings. The Balaban J connectivity index is 3.00. The highest BCUT2D eigenvalue weighted by Crippen LogP contribution is 2.23. The molecule has 64 valence electrons. The quantitative estimate of drug-likeness (QED) is 0.757. The SMILES string of the molecule is CC(=O)Cc1cccc(I)c1Br. The Hall–Kier alpha value is 0.1000. The lowest BCUT2D eigenvalue weighted by Crippen LogP contribution is -1.97. The molecule has 0 heterocycles. The minimum Gasteiger partial charge on any atom is -0.300 e. The van der Waals surface area contributed by atoms with Crippen molar-refractivity contribution in [2.75, 3.05) is 0 Å². The monoisotopic (exact) mass is 338 g/mol. The minimum absolute atomic E-state index is 0.192. The third-order valence-electron chi connectivity index (χ3n) is 1.47. The average molecular weight is 339 g/mol. The smallest absolute Gasteiger partial charge is 0.134 e. The molecule has 0 unspecified atom stereocenters. The molecule has 0 N–H and O–H groups in total. The Labute approximate surface area is 93.8 Å². The van der Waals surface area contributed by atoms with E-state index in [0.717, 1.165) is 13.6 Å². The van der Waals surface area contributed by atoms with Crippen LogP contribution in [0.4, 0.5) is 0 Å². The first-order valence-corrected chi connectivity index (χ1v) is 5.40. The molecule has 0 bridgehead atoms. The lowest BCUT2D eigenvalue weighted by atomic mass is 10.1. The second-order valence-corrected chi connectivity index (χ2v) is 4.55. The maximum atomic E-state index is 10.9. The van der Waals surface area contributed by atoms with Crippen LogP contribution in [0.3, 0.4) is 0 Å². The number of carbonyl (C=O) groups excluding carboxylic acids is 1. The van der Waals surface area contributed by atoms with Gasteiger partial charge in [0.15, 0.2) is 0 Å². The zero-order valence-corrected chi connectivity index (χ0v) is 10.3. The van der Waals surface area contributed by atoms with Gasteiger partial charge in [-0.3, -0.25) is 4.79 Å². The Bertz CT molecular complexity index is 309. The molecule has 0 atom stereocenters. The molecule has 0 radical (unpaired) electrons. The fourth-order valence-electron chi connectivity index (χ4n) is 0.953. The van der Waals surface area contributed by atoms with Crippen LogP contribution in [0.5, 0.6) is 0 Å². The van der Waals surface area contributed by atoms with E-state index in [0.29, 0.717) is 6.42 Å². The van der Waals surface area contributed by atoms with Crippen molar-refractivity contribution in [3.8, 4) is 0 Å². The Morgan fingerprint density at radius 3 is 2.83 bits per heavy atom. The van der Waals surface area contributed by atoms with Gasteiger partial charge in [0.05, 0.1) is 0 Å². The number of carbonyl (C=O) groups is 1. The van der Waals surface area contributed by atoms with Gasteiger partial charge in [-0.25, -0.2) is 0 Å². The fourth-order valence-corrected chi connectivity index (χ4v) is 1.91. The summed E-state index contributed by atoms with van der Waals surface area (Å²) in [5.74, 6) is 0.192. The molecule has 0 amide bonds. The zero-order valence-electron chi connectivity index (χ0n) is 6.60. The molecule has 1 nitrogen and oxygen atoms in total. The van der Waals surface area contributed by atoms with Crippen molar-refractivity contribution in [3.05, 3.63) is 31.8 Å². The van der Waals surface area contributed by atoms with Crippen molar-refractivity contribution < 1.29 is 4.79 Å². The van der Waals surface area contributed by atoms with Crippen LogP contribution in [0.1, 0.15) is 12.5 Å². The van der Waals surface area contributed by atoms with Gasteiger partial charge in [-0.15, -0.1) is 0 Å². The summed E-state index contributed by atoms with van der Waals surface area (Å²) in [6.07, 6.45) is 0.511. The van der Waals surface area contributed by atoms with E-state index >= 15 is 0 Å². The van der Waals surface area contributed by atoms with Crippen molar-refractivity contribution in [2.24, 2.45) is 0 Å². The Morgan fingerprint density at radius 1 is 1.58 bits per heavy atom. The number of ketones is 1. The van der Waals surface area contributed by atoms with Crippen LogP contribution in [0.15, 0.2) is 22.7 Å². The third-order valence-corrected chi connectivity index (χ3v) is 4.05. The minimum atomic E-state index is 0.192.